The SMILES string of the molecule is CCC#CC[C@@H](C)[C@H](O)C=CC1CC(F)(F)C(=O)N1CCCc1ccc(C(=O)O)s1. The third kappa shape index (κ3) is 6.38. The van der Waals surface area contributed by atoms with E-state index in [1.54, 1.807) is 6.07 Å². The molecule has 5 nitrogen and oxygen atoms in total. The summed E-state index contributed by atoms with van der Waals surface area (Å²) in [6, 6.07) is 2.43. The van der Waals surface area contributed by atoms with Crippen molar-refractivity contribution in [1.82, 2.24) is 4.90 Å². The first-order valence-electron chi connectivity index (χ1n) is 9.98. The first-order valence-corrected chi connectivity index (χ1v) is 10.8. The quantitative estimate of drug-likeness (QED) is 0.451. The fourth-order valence-electron chi connectivity index (χ4n) is 3.22. The highest BCUT2D eigenvalue weighted by Gasteiger charge is 2.52. The fraction of sp³-hybridized carbons (Fsp3) is 0.545. The Hall–Kier alpha value is -2.24. The normalized spacial score (nSPS) is 20.2. The zero-order chi connectivity index (χ0) is 22.3. The van der Waals surface area contributed by atoms with Crippen molar-refractivity contribution in [1.29, 1.82) is 0 Å². The van der Waals surface area contributed by atoms with Crippen molar-refractivity contribution in [3.63, 3.8) is 0 Å². The lowest BCUT2D eigenvalue weighted by molar-refractivity contribution is -0.148. The van der Waals surface area contributed by atoms with Crippen LogP contribution in [0.25, 0.3) is 0 Å². The number of carbonyl (C=O) groups excluding carboxylic acids is 1. The predicted octanol–water partition coefficient (Wildman–Crippen LogP) is 3.97. The van der Waals surface area contributed by atoms with Crippen LogP contribution in [0.1, 0.15) is 54.1 Å². The van der Waals surface area contributed by atoms with Crippen LogP contribution in [0.4, 0.5) is 8.78 Å². The van der Waals surface area contributed by atoms with E-state index in [1.165, 1.54) is 18.2 Å². The van der Waals surface area contributed by atoms with Gasteiger partial charge in [-0.3, -0.25) is 4.79 Å². The number of hydrogen-bond donors (Lipinski definition) is 2. The minimum atomic E-state index is -3.42. The Morgan fingerprint density at radius 2 is 2.17 bits per heavy atom. The monoisotopic (exact) mass is 439 g/mol. The van der Waals surface area contributed by atoms with Gasteiger partial charge in [0.25, 0.3) is 5.91 Å². The topological polar surface area (TPSA) is 77.8 Å². The zero-order valence-corrected chi connectivity index (χ0v) is 17.9. The molecule has 164 valence electrons. The summed E-state index contributed by atoms with van der Waals surface area (Å²) in [5.41, 5.74) is 0. The summed E-state index contributed by atoms with van der Waals surface area (Å²) in [7, 11) is 0. The number of amides is 1. The van der Waals surface area contributed by atoms with Crippen LogP contribution in [-0.4, -0.2) is 51.6 Å². The maximum atomic E-state index is 14.0. The number of aromatic carboxylic acids is 1. The van der Waals surface area contributed by atoms with Crippen molar-refractivity contribution >= 4 is 23.2 Å². The molecule has 30 heavy (non-hydrogen) atoms. The number of halogens is 2. The summed E-state index contributed by atoms with van der Waals surface area (Å²) in [6.45, 7) is 3.90. The summed E-state index contributed by atoms with van der Waals surface area (Å²) in [6.07, 6.45) is 3.70. The number of aryl methyl sites for hydroxylation is 1. The summed E-state index contributed by atoms with van der Waals surface area (Å²) >= 11 is 1.14. The Balaban J connectivity index is 1.97. The van der Waals surface area contributed by atoms with E-state index in [4.69, 9.17) is 5.11 Å². The van der Waals surface area contributed by atoms with Gasteiger partial charge in [0.1, 0.15) is 4.88 Å². The number of alkyl halides is 2. The van der Waals surface area contributed by atoms with Crippen LogP contribution in [0.3, 0.4) is 0 Å². The molecule has 3 atom stereocenters. The number of carbonyl (C=O) groups is 2. The fourth-order valence-corrected chi connectivity index (χ4v) is 4.11. The molecule has 2 N–H and O–H groups in total. The number of thiophene rings is 1. The Bertz CT molecular complexity index is 840. The number of likely N-dealkylation sites (tertiary alicyclic amines) is 1. The van der Waals surface area contributed by atoms with Crippen LogP contribution in [0.15, 0.2) is 24.3 Å². The zero-order valence-electron chi connectivity index (χ0n) is 17.1. The van der Waals surface area contributed by atoms with E-state index in [0.717, 1.165) is 27.5 Å². The van der Waals surface area contributed by atoms with Crippen molar-refractivity contribution in [3.05, 3.63) is 34.0 Å². The molecule has 2 heterocycles. The molecule has 1 amide bonds. The van der Waals surface area contributed by atoms with E-state index >= 15 is 0 Å². The van der Waals surface area contributed by atoms with E-state index in [1.807, 2.05) is 13.8 Å². The molecule has 0 aromatic carbocycles. The summed E-state index contributed by atoms with van der Waals surface area (Å²) < 4.78 is 28.0. The molecule has 1 unspecified atom stereocenters. The Morgan fingerprint density at radius 1 is 1.43 bits per heavy atom. The average molecular weight is 440 g/mol. The van der Waals surface area contributed by atoms with Crippen LogP contribution in [0, 0.1) is 17.8 Å². The maximum absolute atomic E-state index is 14.0. The molecule has 1 fully saturated rings. The number of carboxylic acid groups (broad SMARTS) is 1. The van der Waals surface area contributed by atoms with Gasteiger partial charge in [0.05, 0.1) is 12.1 Å². The number of hydrogen-bond acceptors (Lipinski definition) is 4. The smallest absolute Gasteiger partial charge is 0.345 e. The van der Waals surface area contributed by atoms with Crippen molar-refractivity contribution in [2.45, 2.75) is 64.0 Å². The Morgan fingerprint density at radius 3 is 2.80 bits per heavy atom. The molecule has 1 aromatic rings. The molecule has 0 bridgehead atoms. The average Bonchev–Trinajstić information content (AvgIpc) is 3.24. The third-order valence-electron chi connectivity index (χ3n) is 4.97. The third-order valence-corrected chi connectivity index (χ3v) is 6.11. The van der Waals surface area contributed by atoms with Crippen molar-refractivity contribution in [3.8, 4) is 11.8 Å². The molecule has 1 aromatic heterocycles. The molecule has 0 saturated carbocycles. The van der Waals surface area contributed by atoms with E-state index in [2.05, 4.69) is 11.8 Å². The van der Waals surface area contributed by atoms with Gasteiger partial charge >= 0.3 is 11.9 Å². The number of nitrogens with zero attached hydrogens (tertiary/aromatic N) is 1. The molecule has 0 aliphatic carbocycles. The minimum Gasteiger partial charge on any atom is -0.477 e. The van der Waals surface area contributed by atoms with Gasteiger partial charge in [-0.05, 0) is 30.9 Å². The van der Waals surface area contributed by atoms with E-state index in [-0.39, 0.29) is 17.3 Å². The lowest BCUT2D eigenvalue weighted by Gasteiger charge is -2.22. The molecule has 0 radical (unpaired) electrons. The van der Waals surface area contributed by atoms with Gasteiger partial charge in [0, 0.05) is 30.7 Å². The molecule has 1 saturated heterocycles. The lowest BCUT2D eigenvalue weighted by atomic mass is 9.99. The Kier molecular flexibility index (Phi) is 8.56. The van der Waals surface area contributed by atoms with Gasteiger partial charge in [-0.2, -0.15) is 8.78 Å². The van der Waals surface area contributed by atoms with Crippen molar-refractivity contribution in [2.24, 2.45) is 5.92 Å². The molecular weight excluding hydrogens is 412 g/mol. The number of rotatable bonds is 9. The molecule has 1 aliphatic heterocycles. The van der Waals surface area contributed by atoms with Crippen molar-refractivity contribution in [2.75, 3.05) is 6.54 Å². The molecule has 0 spiro atoms. The maximum Gasteiger partial charge on any atom is 0.345 e. The number of aliphatic hydroxyl groups excluding tert-OH is 1. The second-order valence-electron chi connectivity index (χ2n) is 7.41. The molecule has 8 heteroatoms. The van der Waals surface area contributed by atoms with Gasteiger partial charge in [0.15, 0.2) is 0 Å². The van der Waals surface area contributed by atoms with E-state index in [9.17, 15) is 23.5 Å². The van der Waals surface area contributed by atoms with Gasteiger partial charge in [-0.25, -0.2) is 4.79 Å². The summed E-state index contributed by atoms with van der Waals surface area (Å²) in [5, 5.41) is 19.2. The highest BCUT2D eigenvalue weighted by atomic mass is 32.1. The van der Waals surface area contributed by atoms with Gasteiger partial charge in [-0.15, -0.1) is 23.2 Å². The largest absolute Gasteiger partial charge is 0.477 e. The van der Waals surface area contributed by atoms with Crippen LogP contribution >= 0.6 is 11.3 Å². The highest BCUT2D eigenvalue weighted by molar-refractivity contribution is 7.13. The highest BCUT2D eigenvalue weighted by Crippen LogP contribution is 2.34. The Labute approximate surface area is 179 Å². The standard InChI is InChI=1S/C22H27F2NO4S/c1-3-4-5-7-15(2)18(26)11-9-16-14-22(23,24)21(29)25(16)13-6-8-17-10-12-19(30-17)20(27)28/h9-12,15-16,18,26H,3,6-8,13-14H2,1-2H3,(H,27,28)/t15-,16?,18-/m1/s1. The summed E-state index contributed by atoms with van der Waals surface area (Å²) in [4.78, 5) is 25.3. The van der Waals surface area contributed by atoms with Crippen molar-refractivity contribution < 1.29 is 28.6 Å². The second kappa shape index (κ2) is 10.7. The minimum absolute atomic E-state index is 0.136. The summed E-state index contributed by atoms with van der Waals surface area (Å²) in [5.74, 6) is 0.123. The lowest BCUT2D eigenvalue weighted by Crippen LogP contribution is -2.36. The van der Waals surface area contributed by atoms with Gasteiger partial charge < -0.3 is 15.1 Å². The number of aliphatic hydroxyl groups is 1. The molecule has 2 rings (SSSR count). The van der Waals surface area contributed by atoms with E-state index < -0.39 is 36.4 Å². The van der Waals surface area contributed by atoms with Gasteiger partial charge in [-0.1, -0.05) is 26.0 Å². The number of carboxylic acids is 1. The molecule has 1 aliphatic rings. The van der Waals surface area contributed by atoms with E-state index in [0.29, 0.717) is 19.3 Å². The molecular formula is C22H27F2NO4S. The van der Waals surface area contributed by atoms with Crippen LogP contribution in [-0.2, 0) is 11.2 Å². The first kappa shape index (κ1) is 24.0. The van der Waals surface area contributed by atoms with Gasteiger partial charge in [0.2, 0.25) is 0 Å². The van der Waals surface area contributed by atoms with Crippen LogP contribution in [0.5, 0.6) is 0 Å². The van der Waals surface area contributed by atoms with Crippen LogP contribution < -0.4 is 0 Å². The second-order valence-corrected chi connectivity index (χ2v) is 8.58. The predicted molar refractivity (Wildman–Crippen MR) is 112 cm³/mol. The first-order chi connectivity index (χ1) is 14.2. The van der Waals surface area contributed by atoms with Crippen LogP contribution in [0.2, 0.25) is 0 Å².